The molecule has 21 heavy (non-hydrogen) atoms. The number of hydrogen-bond acceptors (Lipinski definition) is 5. The van der Waals surface area contributed by atoms with Crippen LogP contribution in [0.25, 0.3) is 0 Å². The first-order valence-corrected chi connectivity index (χ1v) is 5.84. The highest BCUT2D eigenvalue weighted by molar-refractivity contribution is 5.98. The van der Waals surface area contributed by atoms with Crippen LogP contribution >= 0.6 is 0 Å². The van der Waals surface area contributed by atoms with Gasteiger partial charge < -0.3 is 24.6 Å². The number of ether oxygens (including phenoxy) is 2. The standard InChI is InChI=1S/C13H15NO7/c1-20-9-4-3-8(5-10(9)21-2)13(19)14(6-11(15)16)7-12(17)18/h3-5H,6-7H2,1-2H3,(H,15,16)(H,17,18). The fourth-order valence-corrected chi connectivity index (χ4v) is 1.68. The fraction of sp³-hybridized carbons (Fsp3) is 0.308. The lowest BCUT2D eigenvalue weighted by Gasteiger charge is -2.19. The van der Waals surface area contributed by atoms with Gasteiger partial charge in [0.05, 0.1) is 14.2 Å². The monoisotopic (exact) mass is 297 g/mol. The smallest absolute Gasteiger partial charge is 0.323 e. The third-order valence-electron chi connectivity index (χ3n) is 2.57. The van der Waals surface area contributed by atoms with E-state index in [2.05, 4.69) is 0 Å². The molecule has 0 saturated heterocycles. The van der Waals surface area contributed by atoms with Crippen molar-refractivity contribution < 1.29 is 34.1 Å². The minimum atomic E-state index is -1.30. The maximum absolute atomic E-state index is 12.2. The number of amides is 1. The zero-order valence-corrected chi connectivity index (χ0v) is 11.5. The van der Waals surface area contributed by atoms with E-state index < -0.39 is 30.9 Å². The van der Waals surface area contributed by atoms with Gasteiger partial charge in [-0.05, 0) is 18.2 Å². The summed E-state index contributed by atoms with van der Waals surface area (Å²) >= 11 is 0. The molecule has 0 aromatic heterocycles. The molecule has 1 aromatic rings. The minimum absolute atomic E-state index is 0.107. The van der Waals surface area contributed by atoms with Gasteiger partial charge in [-0.25, -0.2) is 0 Å². The highest BCUT2D eigenvalue weighted by Crippen LogP contribution is 2.28. The van der Waals surface area contributed by atoms with Gasteiger partial charge in [0.25, 0.3) is 5.91 Å². The Kier molecular flexibility index (Phi) is 5.53. The zero-order chi connectivity index (χ0) is 16.0. The lowest BCUT2D eigenvalue weighted by Crippen LogP contribution is -2.39. The van der Waals surface area contributed by atoms with E-state index in [0.717, 1.165) is 0 Å². The Bertz CT molecular complexity index is 539. The van der Waals surface area contributed by atoms with Gasteiger partial charge in [0.15, 0.2) is 11.5 Å². The lowest BCUT2D eigenvalue weighted by molar-refractivity contribution is -0.140. The zero-order valence-electron chi connectivity index (χ0n) is 11.5. The third-order valence-corrected chi connectivity index (χ3v) is 2.57. The number of nitrogens with zero attached hydrogens (tertiary/aromatic N) is 1. The molecule has 0 aliphatic carbocycles. The van der Waals surface area contributed by atoms with Crippen LogP contribution in [0.2, 0.25) is 0 Å². The summed E-state index contributed by atoms with van der Waals surface area (Å²) in [6, 6.07) is 4.24. The molecule has 0 spiro atoms. The maximum atomic E-state index is 12.2. The van der Waals surface area contributed by atoms with Crippen LogP contribution in [0.1, 0.15) is 10.4 Å². The molecule has 0 unspecified atom stereocenters. The molecule has 1 amide bonds. The van der Waals surface area contributed by atoms with E-state index in [-0.39, 0.29) is 11.3 Å². The van der Waals surface area contributed by atoms with Crippen LogP contribution in [0.4, 0.5) is 0 Å². The molecule has 0 saturated carbocycles. The van der Waals surface area contributed by atoms with Gasteiger partial charge in [-0.15, -0.1) is 0 Å². The number of carbonyl (C=O) groups is 3. The summed E-state index contributed by atoms with van der Waals surface area (Å²) in [5.74, 6) is -2.64. The van der Waals surface area contributed by atoms with E-state index >= 15 is 0 Å². The summed E-state index contributed by atoms with van der Waals surface area (Å²) in [4.78, 5) is 34.3. The molecule has 1 aromatic carbocycles. The van der Waals surface area contributed by atoms with Gasteiger partial charge >= 0.3 is 11.9 Å². The molecule has 0 bridgehead atoms. The van der Waals surface area contributed by atoms with Crippen LogP contribution in [0.5, 0.6) is 11.5 Å². The van der Waals surface area contributed by atoms with Gasteiger partial charge in [0, 0.05) is 5.56 Å². The molecular formula is C13H15NO7. The Morgan fingerprint density at radius 2 is 1.52 bits per heavy atom. The molecule has 8 heteroatoms. The highest BCUT2D eigenvalue weighted by Gasteiger charge is 2.22. The van der Waals surface area contributed by atoms with Crippen molar-refractivity contribution in [3.63, 3.8) is 0 Å². The Labute approximate surface area is 120 Å². The van der Waals surface area contributed by atoms with Crippen molar-refractivity contribution in [1.82, 2.24) is 4.90 Å². The first-order chi connectivity index (χ1) is 9.88. The average Bonchev–Trinajstić information content (AvgIpc) is 2.44. The average molecular weight is 297 g/mol. The second-order valence-corrected chi connectivity index (χ2v) is 4.02. The van der Waals surface area contributed by atoms with Crippen LogP contribution in [0.15, 0.2) is 18.2 Å². The van der Waals surface area contributed by atoms with Gasteiger partial charge in [-0.1, -0.05) is 0 Å². The maximum Gasteiger partial charge on any atom is 0.323 e. The van der Waals surface area contributed by atoms with Crippen molar-refractivity contribution in [2.24, 2.45) is 0 Å². The van der Waals surface area contributed by atoms with Crippen molar-refractivity contribution >= 4 is 17.8 Å². The first-order valence-electron chi connectivity index (χ1n) is 5.84. The predicted molar refractivity (Wildman–Crippen MR) is 70.7 cm³/mol. The summed E-state index contributed by atoms with van der Waals surface area (Å²) < 4.78 is 10.1. The SMILES string of the molecule is COc1ccc(C(=O)N(CC(=O)O)CC(=O)O)cc1OC. The number of benzene rings is 1. The molecule has 0 radical (unpaired) electrons. The van der Waals surface area contributed by atoms with E-state index in [0.29, 0.717) is 10.6 Å². The molecule has 0 fully saturated rings. The summed E-state index contributed by atoms with van der Waals surface area (Å²) in [5, 5.41) is 17.5. The molecule has 114 valence electrons. The minimum Gasteiger partial charge on any atom is -0.493 e. The quantitative estimate of drug-likeness (QED) is 0.744. The largest absolute Gasteiger partial charge is 0.493 e. The summed E-state index contributed by atoms with van der Waals surface area (Å²) in [7, 11) is 2.82. The van der Waals surface area contributed by atoms with E-state index in [1.807, 2.05) is 0 Å². The molecule has 1 rings (SSSR count). The number of methoxy groups -OCH3 is 2. The number of carboxylic acid groups (broad SMARTS) is 2. The lowest BCUT2D eigenvalue weighted by atomic mass is 10.1. The van der Waals surface area contributed by atoms with Crippen molar-refractivity contribution in [3.05, 3.63) is 23.8 Å². The predicted octanol–water partition coefficient (Wildman–Crippen LogP) is 0.315. The third kappa shape index (κ3) is 4.37. The Morgan fingerprint density at radius 1 is 1.00 bits per heavy atom. The Morgan fingerprint density at radius 3 is 1.95 bits per heavy atom. The number of hydrogen-bond donors (Lipinski definition) is 2. The number of rotatable bonds is 7. The van der Waals surface area contributed by atoms with Crippen LogP contribution in [-0.2, 0) is 9.59 Å². The van der Waals surface area contributed by atoms with E-state index in [9.17, 15) is 14.4 Å². The number of aliphatic carboxylic acids is 2. The molecule has 0 aliphatic heterocycles. The van der Waals surface area contributed by atoms with Crippen molar-refractivity contribution in [3.8, 4) is 11.5 Å². The van der Waals surface area contributed by atoms with Crippen molar-refractivity contribution in [2.45, 2.75) is 0 Å². The Balaban J connectivity index is 3.07. The fourth-order valence-electron chi connectivity index (χ4n) is 1.68. The topological polar surface area (TPSA) is 113 Å². The molecule has 2 N–H and O–H groups in total. The second kappa shape index (κ2) is 7.13. The normalized spacial score (nSPS) is 9.81. The molecule has 0 aliphatic rings. The molecule has 0 atom stereocenters. The molecule has 0 heterocycles. The van der Waals surface area contributed by atoms with Gasteiger partial charge in [-0.3, -0.25) is 14.4 Å². The van der Waals surface area contributed by atoms with Crippen LogP contribution < -0.4 is 9.47 Å². The summed E-state index contributed by atoms with van der Waals surface area (Å²) in [5.41, 5.74) is 0.107. The van der Waals surface area contributed by atoms with E-state index in [4.69, 9.17) is 19.7 Å². The molecule has 8 nitrogen and oxygen atoms in total. The number of carboxylic acids is 2. The van der Waals surface area contributed by atoms with E-state index in [1.54, 1.807) is 0 Å². The highest BCUT2D eigenvalue weighted by atomic mass is 16.5. The number of carbonyl (C=O) groups excluding carboxylic acids is 1. The molecular weight excluding hydrogens is 282 g/mol. The Hall–Kier alpha value is -2.77. The summed E-state index contributed by atoms with van der Waals surface area (Å²) in [6.07, 6.45) is 0. The van der Waals surface area contributed by atoms with Crippen LogP contribution in [0, 0.1) is 0 Å². The van der Waals surface area contributed by atoms with Crippen LogP contribution in [0.3, 0.4) is 0 Å². The summed E-state index contributed by atoms with van der Waals surface area (Å²) in [6.45, 7) is -1.42. The van der Waals surface area contributed by atoms with Crippen LogP contribution in [-0.4, -0.2) is 60.3 Å². The van der Waals surface area contributed by atoms with Crippen molar-refractivity contribution in [2.75, 3.05) is 27.3 Å². The van der Waals surface area contributed by atoms with Crippen molar-refractivity contribution in [1.29, 1.82) is 0 Å². The first kappa shape index (κ1) is 16.3. The van der Waals surface area contributed by atoms with Gasteiger partial charge in [0.1, 0.15) is 13.1 Å². The van der Waals surface area contributed by atoms with Gasteiger partial charge in [0.2, 0.25) is 0 Å². The van der Waals surface area contributed by atoms with Gasteiger partial charge in [-0.2, -0.15) is 0 Å². The van der Waals surface area contributed by atoms with E-state index in [1.165, 1.54) is 32.4 Å². The second-order valence-electron chi connectivity index (χ2n) is 4.02.